The van der Waals surface area contributed by atoms with Crippen molar-refractivity contribution >= 4 is 32.0 Å². The molecule has 0 aliphatic rings. The molecular formula is C7H2Fe2O6Se2. The van der Waals surface area contributed by atoms with E-state index >= 15 is 0 Å². The molecule has 2 radical (unpaired) electrons. The van der Waals surface area contributed by atoms with Crippen LogP contribution in [-0.2, 0) is 62.1 Å². The van der Waals surface area contributed by atoms with Gasteiger partial charge in [-0.1, -0.05) is 0 Å². The Bertz CT molecular complexity index is 117. The zero-order valence-electron chi connectivity index (χ0n) is 7.68. The van der Waals surface area contributed by atoms with Crippen LogP contribution in [-0.4, -0.2) is 32.0 Å². The third-order valence-electron chi connectivity index (χ3n) is 0. The van der Waals surface area contributed by atoms with Crippen LogP contribution in [0.3, 0.4) is 0 Å². The first-order valence-corrected chi connectivity index (χ1v) is 4.22. The molecule has 0 aliphatic heterocycles. The Kier molecular flexibility index (Phi) is 6690. The van der Waals surface area contributed by atoms with Gasteiger partial charge in [-0.3, -0.25) is 0 Å². The SMILES string of the molecule is [C-]#[O+].[C-]#[O+].[C-]#[O+].[C-]#[O+].[C-]#[O+].[C-]#[O+].[Fe].[Fe].[Se]C[Se]. The van der Waals surface area contributed by atoms with Gasteiger partial charge in [0, 0.05) is 34.1 Å². The first-order chi connectivity index (χ1) is 7.41. The molecule has 0 heterocycles. The van der Waals surface area contributed by atoms with E-state index in [1.54, 1.807) is 0 Å². The molecule has 0 aromatic rings. The maximum absolute atomic E-state index is 7.50. The Hall–Kier alpha value is 0.518. The van der Waals surface area contributed by atoms with Gasteiger partial charge in [0.25, 0.3) is 0 Å². The van der Waals surface area contributed by atoms with Gasteiger partial charge in [-0.2, -0.15) is 0 Å². The fourth-order valence-corrected chi connectivity index (χ4v) is 0. The van der Waals surface area contributed by atoms with E-state index < -0.39 is 0 Å². The zero-order chi connectivity index (χ0) is 14.7. The fraction of sp³-hybridized carbons (Fsp3) is 0.143. The van der Waals surface area contributed by atoms with Crippen LogP contribution < -0.4 is 0 Å². The third kappa shape index (κ3) is 13000. The van der Waals surface area contributed by atoms with Gasteiger partial charge in [-0.25, -0.2) is 0 Å². The van der Waals surface area contributed by atoms with E-state index in [1.165, 1.54) is 0 Å². The van der Waals surface area contributed by atoms with Gasteiger partial charge in [-0.15, -0.1) is 0 Å². The van der Waals surface area contributed by atoms with Gasteiger partial charge in [0.05, 0.1) is 0 Å². The van der Waals surface area contributed by atoms with E-state index in [-0.39, 0.29) is 34.1 Å². The molecule has 0 atom stereocenters. The summed E-state index contributed by atoms with van der Waals surface area (Å²) in [6.07, 6.45) is 0. The molecule has 0 aromatic heterocycles. The average molecular weight is 452 g/mol. The number of hydrogen-bond acceptors (Lipinski definition) is 0. The molecule has 94 valence electrons. The van der Waals surface area contributed by atoms with E-state index in [2.05, 4.69) is 71.9 Å². The molecule has 6 nitrogen and oxygen atoms in total. The van der Waals surface area contributed by atoms with Crippen molar-refractivity contribution in [2.45, 2.75) is 4.22 Å². The van der Waals surface area contributed by atoms with Crippen LogP contribution in [0.5, 0.6) is 0 Å². The van der Waals surface area contributed by atoms with Crippen molar-refractivity contribution in [3.63, 3.8) is 0 Å². The molecule has 17 heavy (non-hydrogen) atoms. The predicted octanol–water partition coefficient (Wildman–Crippen LogP) is -0.531. The summed E-state index contributed by atoms with van der Waals surface area (Å²) >= 11 is 5.50. The van der Waals surface area contributed by atoms with Gasteiger partial charge >= 0.3 is 104 Å². The third-order valence-corrected chi connectivity index (χ3v) is 0. The molecular weight excluding hydrogens is 450 g/mol. The molecule has 0 aromatic carbocycles. The monoisotopic (exact) mass is 454 g/mol. The van der Waals surface area contributed by atoms with Crippen molar-refractivity contribution in [1.29, 1.82) is 0 Å². The van der Waals surface area contributed by atoms with Crippen LogP contribution >= 0.6 is 0 Å². The van der Waals surface area contributed by atoms with Gasteiger partial charge < -0.3 is 0 Å². The first-order valence-electron chi connectivity index (χ1n) is 1.80. The maximum atomic E-state index is 7.50. The molecule has 10 heteroatoms. The summed E-state index contributed by atoms with van der Waals surface area (Å²) in [4.78, 5) is 0. The number of hydrogen-bond donors (Lipinski definition) is 0. The molecule has 0 rings (SSSR count). The van der Waals surface area contributed by atoms with Gasteiger partial charge in [0.1, 0.15) is 0 Å². The molecule has 0 amide bonds. The van der Waals surface area contributed by atoms with Gasteiger partial charge in [-0.05, 0) is 0 Å². The van der Waals surface area contributed by atoms with Crippen LogP contribution in [0.2, 0.25) is 4.22 Å². The summed E-state index contributed by atoms with van der Waals surface area (Å²) in [6, 6.07) is 0. The van der Waals surface area contributed by atoms with E-state index in [0.717, 1.165) is 4.22 Å². The minimum atomic E-state index is 0. The molecule has 0 unspecified atom stereocenters. The molecule has 0 spiro atoms. The summed E-state index contributed by atoms with van der Waals surface area (Å²) in [5, 5.41) is 0. The summed E-state index contributed by atoms with van der Waals surface area (Å²) in [6.45, 7) is 27.0. The second-order valence-electron chi connectivity index (χ2n) is 0.118. The van der Waals surface area contributed by atoms with E-state index in [9.17, 15) is 0 Å². The van der Waals surface area contributed by atoms with Crippen LogP contribution in [0.1, 0.15) is 0 Å². The first kappa shape index (κ1) is 65.9. The van der Waals surface area contributed by atoms with Crippen LogP contribution in [0.15, 0.2) is 0 Å². The van der Waals surface area contributed by atoms with E-state index in [0.29, 0.717) is 0 Å². The molecule has 0 bridgehead atoms. The molecule has 0 N–H and O–H groups in total. The summed E-state index contributed by atoms with van der Waals surface area (Å²) in [7, 11) is 0. The second kappa shape index (κ2) is 1730. The molecule has 0 saturated heterocycles. The quantitative estimate of drug-likeness (QED) is 0.267. The van der Waals surface area contributed by atoms with Crippen molar-refractivity contribution in [2.24, 2.45) is 0 Å². The van der Waals surface area contributed by atoms with Crippen molar-refractivity contribution in [3.8, 4) is 0 Å². The average Bonchev–Trinajstić information content (AvgIpc) is 2.44. The Morgan fingerprint density at radius 1 is 0.471 bits per heavy atom. The van der Waals surface area contributed by atoms with E-state index in [1.807, 2.05) is 0 Å². The summed E-state index contributed by atoms with van der Waals surface area (Å²) in [5.74, 6) is 0. The summed E-state index contributed by atoms with van der Waals surface area (Å²) < 4.78 is 46.0. The predicted molar refractivity (Wildman–Crippen MR) is 39.9 cm³/mol. The van der Waals surface area contributed by atoms with Gasteiger partial charge in [0.15, 0.2) is 0 Å². The fourth-order valence-electron chi connectivity index (χ4n) is 0. The minimum absolute atomic E-state index is 0. The molecule has 0 fully saturated rings. The summed E-state index contributed by atoms with van der Waals surface area (Å²) in [5.41, 5.74) is 0. The van der Waals surface area contributed by atoms with Crippen molar-refractivity contribution in [2.75, 3.05) is 0 Å². The van der Waals surface area contributed by atoms with Crippen LogP contribution in [0, 0.1) is 39.9 Å². The Balaban J connectivity index is -0.00000000620. The molecule has 0 aliphatic carbocycles. The topological polar surface area (TPSA) is 119 Å². The van der Waals surface area contributed by atoms with E-state index in [4.69, 9.17) is 27.9 Å². The normalized spacial score (nSPS) is 1.76. The Morgan fingerprint density at radius 2 is 0.471 bits per heavy atom. The van der Waals surface area contributed by atoms with Crippen LogP contribution in [0.25, 0.3) is 0 Å². The van der Waals surface area contributed by atoms with Crippen molar-refractivity contribution < 1.29 is 62.1 Å². The Labute approximate surface area is 137 Å². The van der Waals surface area contributed by atoms with Crippen molar-refractivity contribution in [1.82, 2.24) is 0 Å². The number of rotatable bonds is 0. The van der Waals surface area contributed by atoms with Crippen LogP contribution in [0.4, 0.5) is 0 Å². The molecule has 0 saturated carbocycles. The van der Waals surface area contributed by atoms with Gasteiger partial charge in [0.2, 0.25) is 0 Å². The zero-order valence-corrected chi connectivity index (χ0v) is 13.3. The Morgan fingerprint density at radius 3 is 0.471 bits per heavy atom. The standard InChI is InChI=1S/6CO.CH2Se2.2Fe/c6*1-2;2-1-3;;/h;;;;;;1H2;;. The second-order valence-corrected chi connectivity index (χ2v) is 3.18. The van der Waals surface area contributed by atoms with Crippen molar-refractivity contribution in [3.05, 3.63) is 39.9 Å².